The largest absolute Gasteiger partial charge is 0.393 e. The zero-order valence-corrected chi connectivity index (χ0v) is 11.0. The summed E-state index contributed by atoms with van der Waals surface area (Å²) >= 11 is 5.71. The quantitative estimate of drug-likeness (QED) is 0.911. The minimum absolute atomic E-state index is 0.105. The van der Waals surface area contributed by atoms with Gasteiger partial charge < -0.3 is 9.84 Å². The maximum atomic E-state index is 13.7. The summed E-state index contributed by atoms with van der Waals surface area (Å²) in [6, 6.07) is 4.87. The van der Waals surface area contributed by atoms with Crippen molar-refractivity contribution in [3.63, 3.8) is 0 Å². The summed E-state index contributed by atoms with van der Waals surface area (Å²) in [5.41, 5.74) is 0.464. The van der Waals surface area contributed by atoms with E-state index in [4.69, 9.17) is 16.3 Å². The van der Waals surface area contributed by atoms with E-state index in [1.165, 1.54) is 6.07 Å². The zero-order chi connectivity index (χ0) is 13.0. The summed E-state index contributed by atoms with van der Waals surface area (Å²) in [4.78, 5) is 0. The Labute approximate surface area is 112 Å². The average Bonchev–Trinajstić information content (AvgIpc) is 2.36. The first-order valence-electron chi connectivity index (χ1n) is 6.39. The monoisotopic (exact) mass is 272 g/mol. The first-order valence-corrected chi connectivity index (χ1v) is 6.77. The Hall–Kier alpha value is -0.640. The van der Waals surface area contributed by atoms with E-state index in [1.807, 2.05) is 0 Å². The fourth-order valence-electron chi connectivity index (χ4n) is 2.34. The van der Waals surface area contributed by atoms with Gasteiger partial charge in [-0.05, 0) is 37.3 Å². The lowest BCUT2D eigenvalue weighted by Crippen LogP contribution is -2.26. The fraction of sp³-hybridized carbons (Fsp3) is 0.571. The van der Waals surface area contributed by atoms with Crippen LogP contribution in [0.25, 0.3) is 0 Å². The summed E-state index contributed by atoms with van der Waals surface area (Å²) in [5.74, 6) is -0.428. The number of aliphatic hydroxyl groups excluding tert-OH is 1. The maximum Gasteiger partial charge on any atom is 0.145 e. The van der Waals surface area contributed by atoms with Crippen molar-refractivity contribution < 1.29 is 14.2 Å². The van der Waals surface area contributed by atoms with Crippen LogP contribution in [0.1, 0.15) is 31.2 Å². The Morgan fingerprint density at radius 3 is 3.00 bits per heavy atom. The van der Waals surface area contributed by atoms with Crippen molar-refractivity contribution in [3.05, 3.63) is 34.6 Å². The highest BCUT2D eigenvalue weighted by Crippen LogP contribution is 2.22. The molecule has 2 nitrogen and oxygen atoms in total. The molecule has 1 fully saturated rings. The second-order valence-corrected chi connectivity index (χ2v) is 5.20. The average molecular weight is 273 g/mol. The van der Waals surface area contributed by atoms with Gasteiger partial charge in [0.25, 0.3) is 0 Å². The molecule has 1 N–H and O–H groups in total. The van der Waals surface area contributed by atoms with E-state index >= 15 is 0 Å². The van der Waals surface area contributed by atoms with Gasteiger partial charge in [-0.25, -0.2) is 4.39 Å². The van der Waals surface area contributed by atoms with Crippen molar-refractivity contribution in [3.8, 4) is 0 Å². The van der Waals surface area contributed by atoms with Gasteiger partial charge in [-0.15, -0.1) is 0 Å². The third kappa shape index (κ3) is 3.67. The van der Waals surface area contributed by atoms with E-state index in [-0.39, 0.29) is 17.5 Å². The van der Waals surface area contributed by atoms with Crippen LogP contribution < -0.4 is 0 Å². The van der Waals surface area contributed by atoms with Crippen molar-refractivity contribution in [2.45, 2.75) is 44.3 Å². The molecule has 4 heteroatoms. The second kappa shape index (κ2) is 6.50. The van der Waals surface area contributed by atoms with Crippen LogP contribution in [0.3, 0.4) is 0 Å². The topological polar surface area (TPSA) is 29.5 Å². The standard InChI is InChI=1S/C14H18ClFO2/c15-13-6-3-4-10(14(13)16)8-11(17)9-12-5-1-2-7-18-12/h3-4,6,11-12,17H,1-2,5,7-9H2. The number of ether oxygens (including phenoxy) is 1. The Balaban J connectivity index is 1.90. The van der Waals surface area contributed by atoms with Crippen LogP contribution in [0.2, 0.25) is 5.02 Å². The Morgan fingerprint density at radius 1 is 1.44 bits per heavy atom. The van der Waals surface area contributed by atoms with Crippen molar-refractivity contribution >= 4 is 11.6 Å². The Morgan fingerprint density at radius 2 is 2.28 bits per heavy atom. The van der Waals surface area contributed by atoms with Crippen LogP contribution in [-0.2, 0) is 11.2 Å². The Kier molecular flexibility index (Phi) is 4.98. The molecular weight excluding hydrogens is 255 g/mol. The van der Waals surface area contributed by atoms with Crippen molar-refractivity contribution in [1.82, 2.24) is 0 Å². The molecule has 100 valence electrons. The lowest BCUT2D eigenvalue weighted by Gasteiger charge is -2.24. The molecule has 1 aromatic rings. The molecule has 0 spiro atoms. The highest BCUT2D eigenvalue weighted by Gasteiger charge is 2.19. The molecule has 0 radical (unpaired) electrons. The van der Waals surface area contributed by atoms with Gasteiger partial charge in [-0.3, -0.25) is 0 Å². The predicted molar refractivity (Wildman–Crippen MR) is 69.3 cm³/mol. The van der Waals surface area contributed by atoms with Crippen LogP contribution >= 0.6 is 11.6 Å². The van der Waals surface area contributed by atoms with Crippen LogP contribution in [0.5, 0.6) is 0 Å². The lowest BCUT2D eigenvalue weighted by atomic mass is 9.99. The molecule has 1 aliphatic heterocycles. The summed E-state index contributed by atoms with van der Waals surface area (Å²) in [6.07, 6.45) is 3.59. The van der Waals surface area contributed by atoms with Gasteiger partial charge in [0, 0.05) is 13.0 Å². The third-order valence-corrected chi connectivity index (χ3v) is 3.59. The van der Waals surface area contributed by atoms with Crippen LogP contribution in [-0.4, -0.2) is 23.9 Å². The second-order valence-electron chi connectivity index (χ2n) is 4.80. The van der Waals surface area contributed by atoms with E-state index < -0.39 is 11.9 Å². The molecule has 2 atom stereocenters. The number of aliphatic hydroxyl groups is 1. The smallest absolute Gasteiger partial charge is 0.145 e. The lowest BCUT2D eigenvalue weighted by molar-refractivity contribution is -0.0149. The van der Waals surface area contributed by atoms with Gasteiger partial charge in [-0.2, -0.15) is 0 Å². The zero-order valence-electron chi connectivity index (χ0n) is 10.2. The predicted octanol–water partition coefficient (Wildman–Crippen LogP) is 3.34. The number of hydrogen-bond donors (Lipinski definition) is 1. The summed E-state index contributed by atoms with van der Waals surface area (Å²) in [6.45, 7) is 0.767. The molecule has 0 aliphatic carbocycles. The summed E-state index contributed by atoms with van der Waals surface area (Å²) in [5, 5.41) is 10.1. The van der Waals surface area contributed by atoms with Crippen molar-refractivity contribution in [2.75, 3.05) is 6.61 Å². The van der Waals surface area contributed by atoms with Gasteiger partial charge in [0.1, 0.15) is 5.82 Å². The van der Waals surface area contributed by atoms with Gasteiger partial charge in [-0.1, -0.05) is 23.7 Å². The van der Waals surface area contributed by atoms with Gasteiger partial charge in [0.05, 0.1) is 17.2 Å². The normalized spacial score (nSPS) is 21.8. The van der Waals surface area contributed by atoms with E-state index in [1.54, 1.807) is 12.1 Å². The molecule has 2 rings (SSSR count). The van der Waals surface area contributed by atoms with Gasteiger partial charge >= 0.3 is 0 Å². The van der Waals surface area contributed by atoms with E-state index in [0.29, 0.717) is 12.0 Å². The molecule has 0 bridgehead atoms. The molecular formula is C14H18ClFO2. The molecule has 0 aromatic heterocycles. The fourth-order valence-corrected chi connectivity index (χ4v) is 2.53. The van der Waals surface area contributed by atoms with Crippen LogP contribution in [0.15, 0.2) is 18.2 Å². The van der Waals surface area contributed by atoms with Crippen molar-refractivity contribution in [1.29, 1.82) is 0 Å². The molecule has 2 unspecified atom stereocenters. The number of rotatable bonds is 4. The van der Waals surface area contributed by atoms with Gasteiger partial charge in [0.2, 0.25) is 0 Å². The summed E-state index contributed by atoms with van der Waals surface area (Å²) in [7, 11) is 0. The third-order valence-electron chi connectivity index (χ3n) is 3.30. The van der Waals surface area contributed by atoms with Gasteiger partial charge in [0.15, 0.2) is 0 Å². The number of benzene rings is 1. The molecule has 18 heavy (non-hydrogen) atoms. The molecule has 1 heterocycles. The number of halogens is 2. The SMILES string of the molecule is OC(Cc1cccc(Cl)c1F)CC1CCCCO1. The first kappa shape index (κ1) is 13.8. The molecule has 1 aromatic carbocycles. The molecule has 0 saturated carbocycles. The van der Waals surface area contributed by atoms with Crippen LogP contribution in [0, 0.1) is 5.82 Å². The first-order chi connectivity index (χ1) is 8.66. The molecule has 0 amide bonds. The van der Waals surface area contributed by atoms with E-state index in [2.05, 4.69) is 0 Å². The summed E-state index contributed by atoms with van der Waals surface area (Å²) < 4.78 is 19.2. The van der Waals surface area contributed by atoms with Crippen molar-refractivity contribution in [2.24, 2.45) is 0 Å². The van der Waals surface area contributed by atoms with Crippen LogP contribution in [0.4, 0.5) is 4.39 Å². The maximum absolute atomic E-state index is 13.7. The highest BCUT2D eigenvalue weighted by molar-refractivity contribution is 6.30. The highest BCUT2D eigenvalue weighted by atomic mass is 35.5. The minimum atomic E-state index is -0.582. The molecule has 1 saturated heterocycles. The number of hydrogen-bond acceptors (Lipinski definition) is 2. The Bertz CT molecular complexity index is 391. The minimum Gasteiger partial charge on any atom is -0.393 e. The van der Waals surface area contributed by atoms with E-state index in [0.717, 1.165) is 25.9 Å². The molecule has 1 aliphatic rings. The van der Waals surface area contributed by atoms with E-state index in [9.17, 15) is 9.50 Å².